The van der Waals surface area contributed by atoms with Crippen LogP contribution < -0.4 is 5.32 Å². The summed E-state index contributed by atoms with van der Waals surface area (Å²) in [4.78, 5) is 12.6. The molecule has 1 atom stereocenters. The predicted octanol–water partition coefficient (Wildman–Crippen LogP) is 4.26. The molecule has 0 aliphatic rings. The van der Waals surface area contributed by atoms with E-state index in [2.05, 4.69) is 17.9 Å². The van der Waals surface area contributed by atoms with Gasteiger partial charge in [0.05, 0.1) is 11.6 Å². The van der Waals surface area contributed by atoms with E-state index in [9.17, 15) is 9.18 Å². The number of amides is 1. The van der Waals surface area contributed by atoms with Gasteiger partial charge in [-0.2, -0.15) is 0 Å². The van der Waals surface area contributed by atoms with Crippen molar-refractivity contribution < 1.29 is 9.18 Å². The lowest BCUT2D eigenvalue weighted by Gasteiger charge is -2.15. The minimum absolute atomic E-state index is 0.0219. The van der Waals surface area contributed by atoms with Crippen LogP contribution in [0.4, 0.5) is 4.39 Å². The molecule has 104 valence electrons. The average Bonchev–Trinajstić information content (AvgIpc) is 2.41. The molecule has 0 bridgehead atoms. The molecule has 0 saturated heterocycles. The topological polar surface area (TPSA) is 29.1 Å². The van der Waals surface area contributed by atoms with Crippen molar-refractivity contribution in [3.05, 3.63) is 64.4 Å². The van der Waals surface area contributed by atoms with E-state index in [4.69, 9.17) is 11.6 Å². The number of thiol groups is 1. The van der Waals surface area contributed by atoms with Crippen LogP contribution in [0, 0.1) is 5.82 Å². The summed E-state index contributed by atoms with van der Waals surface area (Å²) in [5.74, 6) is -1.05. The molecular formula is C15H13ClFNOS. The van der Waals surface area contributed by atoms with Crippen LogP contribution in [-0.2, 0) is 0 Å². The summed E-state index contributed by atoms with van der Waals surface area (Å²) < 4.78 is 13.6. The molecule has 2 aromatic carbocycles. The molecule has 2 aromatic rings. The fourth-order valence-electron chi connectivity index (χ4n) is 1.82. The second-order valence-corrected chi connectivity index (χ2v) is 5.37. The van der Waals surface area contributed by atoms with E-state index < -0.39 is 11.7 Å². The molecule has 1 amide bonds. The molecule has 0 aliphatic heterocycles. The van der Waals surface area contributed by atoms with Crippen molar-refractivity contribution >= 4 is 30.1 Å². The van der Waals surface area contributed by atoms with Crippen LogP contribution in [0.25, 0.3) is 0 Å². The Balaban J connectivity index is 2.17. The van der Waals surface area contributed by atoms with Crippen LogP contribution in [0.5, 0.6) is 0 Å². The Morgan fingerprint density at radius 1 is 1.30 bits per heavy atom. The lowest BCUT2D eigenvalue weighted by atomic mass is 10.1. The van der Waals surface area contributed by atoms with Gasteiger partial charge in [-0.25, -0.2) is 4.39 Å². The molecule has 2 nitrogen and oxygen atoms in total. The molecule has 0 radical (unpaired) electrons. The minimum atomic E-state index is -0.571. The van der Waals surface area contributed by atoms with Crippen LogP contribution in [0.1, 0.15) is 28.9 Å². The maximum atomic E-state index is 13.6. The van der Waals surface area contributed by atoms with Gasteiger partial charge in [-0.15, -0.1) is 12.6 Å². The summed E-state index contributed by atoms with van der Waals surface area (Å²) in [6, 6.07) is 11.0. The number of benzene rings is 2. The second kappa shape index (κ2) is 6.29. The smallest absolute Gasteiger partial charge is 0.254 e. The summed E-state index contributed by atoms with van der Waals surface area (Å²) in [5, 5.41) is 3.33. The monoisotopic (exact) mass is 309 g/mol. The molecule has 0 saturated carbocycles. The summed E-state index contributed by atoms with van der Waals surface area (Å²) in [6.07, 6.45) is 0. The van der Waals surface area contributed by atoms with Crippen molar-refractivity contribution in [1.82, 2.24) is 5.32 Å². The Kier molecular flexibility index (Phi) is 4.68. The van der Waals surface area contributed by atoms with Gasteiger partial charge in [0, 0.05) is 9.92 Å². The van der Waals surface area contributed by atoms with E-state index in [1.54, 1.807) is 18.2 Å². The van der Waals surface area contributed by atoms with E-state index in [0.717, 1.165) is 5.56 Å². The van der Waals surface area contributed by atoms with Crippen molar-refractivity contribution in [3.8, 4) is 0 Å². The zero-order valence-corrected chi connectivity index (χ0v) is 12.4. The van der Waals surface area contributed by atoms with E-state index in [1.807, 2.05) is 13.0 Å². The number of halogens is 2. The molecule has 1 unspecified atom stereocenters. The zero-order valence-electron chi connectivity index (χ0n) is 10.7. The van der Waals surface area contributed by atoms with Crippen molar-refractivity contribution in [1.29, 1.82) is 0 Å². The Hall–Kier alpha value is -1.52. The summed E-state index contributed by atoms with van der Waals surface area (Å²) in [5.41, 5.74) is 0.833. The van der Waals surface area contributed by atoms with Gasteiger partial charge in [0.25, 0.3) is 5.91 Å². The molecular weight excluding hydrogens is 297 g/mol. The van der Waals surface area contributed by atoms with Gasteiger partial charge in [-0.05, 0) is 42.8 Å². The minimum Gasteiger partial charge on any atom is -0.345 e. The highest BCUT2D eigenvalue weighted by Gasteiger charge is 2.15. The lowest BCUT2D eigenvalue weighted by Crippen LogP contribution is -2.27. The molecule has 0 heterocycles. The number of carbonyl (C=O) groups excluding carboxylic acids is 1. The highest BCUT2D eigenvalue weighted by molar-refractivity contribution is 7.80. The molecule has 0 fully saturated rings. The van der Waals surface area contributed by atoms with E-state index in [0.29, 0.717) is 9.92 Å². The fraction of sp³-hybridized carbons (Fsp3) is 0.133. The maximum Gasteiger partial charge on any atom is 0.254 e. The third kappa shape index (κ3) is 3.52. The van der Waals surface area contributed by atoms with E-state index >= 15 is 0 Å². The summed E-state index contributed by atoms with van der Waals surface area (Å²) in [6.45, 7) is 1.81. The third-order valence-electron chi connectivity index (χ3n) is 2.89. The fourth-order valence-corrected chi connectivity index (χ4v) is 2.22. The Bertz CT molecular complexity index is 648. The lowest BCUT2D eigenvalue weighted by molar-refractivity contribution is 0.0935. The first kappa shape index (κ1) is 14.9. The number of nitrogens with one attached hydrogen (secondary N) is 1. The van der Waals surface area contributed by atoms with Crippen molar-refractivity contribution in [2.24, 2.45) is 0 Å². The van der Waals surface area contributed by atoms with Crippen LogP contribution >= 0.6 is 24.2 Å². The number of rotatable bonds is 3. The van der Waals surface area contributed by atoms with Crippen molar-refractivity contribution in [3.63, 3.8) is 0 Å². The molecule has 0 spiro atoms. The Morgan fingerprint density at radius 3 is 2.75 bits per heavy atom. The van der Waals surface area contributed by atoms with Gasteiger partial charge in [-0.3, -0.25) is 4.79 Å². The van der Waals surface area contributed by atoms with Crippen molar-refractivity contribution in [2.45, 2.75) is 17.9 Å². The molecule has 5 heteroatoms. The van der Waals surface area contributed by atoms with E-state index in [-0.39, 0.29) is 11.6 Å². The first-order valence-corrected chi connectivity index (χ1v) is 6.84. The number of carbonyl (C=O) groups is 1. The SMILES string of the molecule is CC(NC(=O)c1cc(S)ccc1F)c1cccc(Cl)c1. The first-order valence-electron chi connectivity index (χ1n) is 6.02. The van der Waals surface area contributed by atoms with Gasteiger partial charge in [-0.1, -0.05) is 23.7 Å². The number of hydrogen-bond donors (Lipinski definition) is 2. The standard InChI is InChI=1S/C15H13ClFNOS/c1-9(10-3-2-4-11(16)7-10)18-15(19)13-8-12(20)5-6-14(13)17/h2-9,20H,1H3,(H,18,19). The zero-order chi connectivity index (χ0) is 14.7. The first-order chi connectivity index (χ1) is 9.47. The van der Waals surface area contributed by atoms with Gasteiger partial charge >= 0.3 is 0 Å². The van der Waals surface area contributed by atoms with Gasteiger partial charge in [0.2, 0.25) is 0 Å². The third-order valence-corrected chi connectivity index (χ3v) is 3.40. The largest absolute Gasteiger partial charge is 0.345 e. The molecule has 20 heavy (non-hydrogen) atoms. The molecule has 0 aromatic heterocycles. The van der Waals surface area contributed by atoms with Gasteiger partial charge < -0.3 is 5.32 Å². The Labute approximate surface area is 127 Å². The van der Waals surface area contributed by atoms with Gasteiger partial charge in [0.15, 0.2) is 0 Å². The highest BCUT2D eigenvalue weighted by atomic mass is 35.5. The molecule has 2 rings (SSSR count). The van der Waals surface area contributed by atoms with Gasteiger partial charge in [0.1, 0.15) is 5.82 Å². The van der Waals surface area contributed by atoms with Crippen LogP contribution in [-0.4, -0.2) is 5.91 Å². The summed E-state index contributed by atoms with van der Waals surface area (Å²) in [7, 11) is 0. The number of hydrogen-bond acceptors (Lipinski definition) is 2. The van der Waals surface area contributed by atoms with Crippen molar-refractivity contribution in [2.75, 3.05) is 0 Å². The molecule has 1 N–H and O–H groups in total. The van der Waals surface area contributed by atoms with Crippen LogP contribution in [0.15, 0.2) is 47.4 Å². The average molecular weight is 310 g/mol. The summed E-state index contributed by atoms with van der Waals surface area (Å²) >= 11 is 10.0. The van der Waals surface area contributed by atoms with Crippen LogP contribution in [0.3, 0.4) is 0 Å². The predicted molar refractivity (Wildman–Crippen MR) is 81.0 cm³/mol. The Morgan fingerprint density at radius 2 is 2.05 bits per heavy atom. The second-order valence-electron chi connectivity index (χ2n) is 4.41. The maximum absolute atomic E-state index is 13.6. The van der Waals surface area contributed by atoms with Crippen LogP contribution in [0.2, 0.25) is 5.02 Å². The highest BCUT2D eigenvalue weighted by Crippen LogP contribution is 2.19. The quantitative estimate of drug-likeness (QED) is 0.815. The van der Waals surface area contributed by atoms with E-state index in [1.165, 1.54) is 18.2 Å². The molecule has 0 aliphatic carbocycles. The normalized spacial score (nSPS) is 12.0.